The van der Waals surface area contributed by atoms with Crippen LogP contribution in [-0.4, -0.2) is 87.3 Å². The van der Waals surface area contributed by atoms with Crippen LogP contribution in [0.5, 0.6) is 0 Å². The van der Waals surface area contributed by atoms with Gasteiger partial charge in [-0.3, -0.25) is 9.69 Å². The van der Waals surface area contributed by atoms with Crippen LogP contribution < -0.4 is 0 Å². The zero-order valence-corrected chi connectivity index (χ0v) is 15.4. The van der Waals surface area contributed by atoms with E-state index in [1.807, 2.05) is 18.7 Å². The zero-order chi connectivity index (χ0) is 17.3. The summed E-state index contributed by atoms with van der Waals surface area (Å²) in [7, 11) is -6.03. The summed E-state index contributed by atoms with van der Waals surface area (Å²) in [6, 6.07) is -0.358. The number of amides is 1. The Morgan fingerprint density at radius 1 is 0.913 bits per heavy atom. The lowest BCUT2D eigenvalue weighted by Crippen LogP contribution is -2.48. The molecule has 1 amide bonds. The minimum Gasteiger partial charge on any atom is -0.338 e. The summed E-state index contributed by atoms with van der Waals surface area (Å²) in [5.41, 5.74) is 0. The molecule has 2 fully saturated rings. The number of likely N-dealkylation sites (N-methyl/N-ethyl adjacent to an activating group) is 2. The van der Waals surface area contributed by atoms with E-state index in [0.717, 1.165) is 0 Å². The third-order valence-corrected chi connectivity index (χ3v) is 8.28. The standard InChI is InChI=1S/C14H26N2O5S2/c1-3-15(12-5-7-22(18,19)10-12)9-14(17)16(4-2)13-6-8-23(20,21)11-13/h12-13H,3-11H2,1-2H3. The van der Waals surface area contributed by atoms with Crippen molar-refractivity contribution in [1.29, 1.82) is 0 Å². The van der Waals surface area contributed by atoms with Gasteiger partial charge in [-0.2, -0.15) is 0 Å². The fraction of sp³-hybridized carbons (Fsp3) is 0.929. The maximum atomic E-state index is 12.6. The van der Waals surface area contributed by atoms with Crippen molar-refractivity contribution in [1.82, 2.24) is 9.80 Å². The van der Waals surface area contributed by atoms with Crippen LogP contribution in [0.2, 0.25) is 0 Å². The van der Waals surface area contributed by atoms with Crippen LogP contribution >= 0.6 is 0 Å². The van der Waals surface area contributed by atoms with Crippen molar-refractivity contribution >= 4 is 25.6 Å². The van der Waals surface area contributed by atoms with E-state index < -0.39 is 19.7 Å². The summed E-state index contributed by atoms with van der Waals surface area (Å²) in [4.78, 5) is 16.1. The minimum absolute atomic E-state index is 0.0382. The third kappa shape index (κ3) is 4.67. The van der Waals surface area contributed by atoms with E-state index >= 15 is 0 Å². The van der Waals surface area contributed by atoms with Crippen LogP contribution in [0.4, 0.5) is 0 Å². The molecule has 0 aromatic carbocycles. The van der Waals surface area contributed by atoms with E-state index in [2.05, 4.69) is 0 Å². The van der Waals surface area contributed by atoms with Gasteiger partial charge >= 0.3 is 0 Å². The van der Waals surface area contributed by atoms with Gasteiger partial charge in [-0.15, -0.1) is 0 Å². The van der Waals surface area contributed by atoms with E-state index in [1.165, 1.54) is 0 Å². The quantitative estimate of drug-likeness (QED) is 0.631. The molecule has 0 N–H and O–H groups in total. The van der Waals surface area contributed by atoms with Crippen LogP contribution in [0.3, 0.4) is 0 Å². The van der Waals surface area contributed by atoms with Crippen molar-refractivity contribution in [3.63, 3.8) is 0 Å². The maximum Gasteiger partial charge on any atom is 0.237 e. The molecule has 23 heavy (non-hydrogen) atoms. The molecule has 0 spiro atoms. The monoisotopic (exact) mass is 366 g/mol. The van der Waals surface area contributed by atoms with E-state index in [4.69, 9.17) is 0 Å². The summed E-state index contributed by atoms with van der Waals surface area (Å²) in [6.45, 7) is 4.99. The molecule has 2 unspecified atom stereocenters. The highest BCUT2D eigenvalue weighted by atomic mass is 32.2. The Bertz CT molecular complexity index is 644. The van der Waals surface area contributed by atoms with Gasteiger partial charge in [0.05, 0.1) is 29.6 Å². The first-order valence-corrected chi connectivity index (χ1v) is 11.8. The topological polar surface area (TPSA) is 91.8 Å². The summed E-state index contributed by atoms with van der Waals surface area (Å²) < 4.78 is 46.5. The van der Waals surface area contributed by atoms with E-state index in [0.29, 0.717) is 25.9 Å². The molecule has 2 heterocycles. The highest BCUT2D eigenvalue weighted by Gasteiger charge is 2.36. The number of carbonyl (C=O) groups is 1. The predicted molar refractivity (Wildman–Crippen MR) is 88.8 cm³/mol. The van der Waals surface area contributed by atoms with Gasteiger partial charge < -0.3 is 4.90 Å². The molecule has 0 radical (unpaired) electrons. The summed E-state index contributed by atoms with van der Waals surface area (Å²) in [5.74, 6) is 0.357. The zero-order valence-electron chi connectivity index (χ0n) is 13.8. The first-order chi connectivity index (χ1) is 10.7. The van der Waals surface area contributed by atoms with Crippen molar-refractivity contribution in [2.45, 2.75) is 38.8 Å². The van der Waals surface area contributed by atoms with Crippen LogP contribution in [0.1, 0.15) is 26.7 Å². The van der Waals surface area contributed by atoms with Gasteiger partial charge in [0.25, 0.3) is 0 Å². The first-order valence-electron chi connectivity index (χ1n) is 8.11. The van der Waals surface area contributed by atoms with Crippen molar-refractivity contribution in [3.8, 4) is 0 Å². The van der Waals surface area contributed by atoms with E-state index in [1.54, 1.807) is 4.90 Å². The van der Waals surface area contributed by atoms with Crippen molar-refractivity contribution < 1.29 is 21.6 Å². The lowest BCUT2D eigenvalue weighted by molar-refractivity contribution is -0.134. The Morgan fingerprint density at radius 3 is 1.83 bits per heavy atom. The molecular formula is C14H26N2O5S2. The van der Waals surface area contributed by atoms with Gasteiger partial charge in [0.15, 0.2) is 19.7 Å². The molecule has 2 aliphatic rings. The Labute approximate surface area is 138 Å². The molecule has 0 bridgehead atoms. The highest BCUT2D eigenvalue weighted by Crippen LogP contribution is 2.20. The van der Waals surface area contributed by atoms with Crippen molar-refractivity contribution in [3.05, 3.63) is 0 Å². The van der Waals surface area contributed by atoms with Crippen LogP contribution in [0.15, 0.2) is 0 Å². The largest absolute Gasteiger partial charge is 0.338 e. The second-order valence-corrected chi connectivity index (χ2v) is 10.8. The molecule has 2 aliphatic heterocycles. The molecule has 0 aromatic rings. The average molecular weight is 367 g/mol. The molecule has 2 rings (SSSR count). The molecule has 134 valence electrons. The number of hydrogen-bond donors (Lipinski definition) is 0. The van der Waals surface area contributed by atoms with Crippen molar-refractivity contribution in [2.75, 3.05) is 42.6 Å². The third-order valence-electron chi connectivity index (χ3n) is 4.78. The maximum absolute atomic E-state index is 12.6. The van der Waals surface area contributed by atoms with Gasteiger partial charge in [0, 0.05) is 18.6 Å². The van der Waals surface area contributed by atoms with Gasteiger partial charge in [-0.1, -0.05) is 6.92 Å². The first kappa shape index (κ1) is 18.7. The smallest absolute Gasteiger partial charge is 0.237 e. The Morgan fingerprint density at radius 2 is 1.43 bits per heavy atom. The van der Waals surface area contributed by atoms with E-state index in [-0.39, 0.29) is 47.5 Å². The van der Waals surface area contributed by atoms with Gasteiger partial charge in [-0.05, 0) is 26.3 Å². The SMILES string of the molecule is CCN(CC(=O)N(CC)C1CCS(=O)(=O)C1)C1CCS(=O)(=O)C1. The highest BCUT2D eigenvalue weighted by molar-refractivity contribution is 7.91. The molecule has 0 aliphatic carbocycles. The Hall–Kier alpha value is -0.670. The fourth-order valence-electron chi connectivity index (χ4n) is 3.49. The number of hydrogen-bond acceptors (Lipinski definition) is 6. The molecule has 7 nitrogen and oxygen atoms in total. The lowest BCUT2D eigenvalue weighted by atomic mass is 10.2. The lowest BCUT2D eigenvalue weighted by Gasteiger charge is -2.32. The van der Waals surface area contributed by atoms with Gasteiger partial charge in [-0.25, -0.2) is 16.8 Å². The van der Waals surface area contributed by atoms with Crippen LogP contribution in [-0.2, 0) is 24.5 Å². The van der Waals surface area contributed by atoms with Crippen LogP contribution in [0.25, 0.3) is 0 Å². The summed E-state index contributed by atoms with van der Waals surface area (Å²) in [5, 5.41) is 0. The second-order valence-electron chi connectivity index (χ2n) is 6.36. The van der Waals surface area contributed by atoms with Gasteiger partial charge in [0.2, 0.25) is 5.91 Å². The number of carbonyl (C=O) groups excluding carboxylic acids is 1. The summed E-state index contributed by atoms with van der Waals surface area (Å²) in [6.07, 6.45) is 1.05. The Balaban J connectivity index is 2.00. The normalized spacial score (nSPS) is 29.0. The summed E-state index contributed by atoms with van der Waals surface area (Å²) >= 11 is 0. The molecule has 0 aromatic heterocycles. The second kappa shape index (κ2) is 7.06. The number of rotatable bonds is 6. The predicted octanol–water partition coefficient (Wildman–Crippen LogP) is -0.469. The van der Waals surface area contributed by atoms with E-state index in [9.17, 15) is 21.6 Å². The molecule has 2 saturated heterocycles. The number of nitrogens with zero attached hydrogens (tertiary/aromatic N) is 2. The molecule has 0 saturated carbocycles. The molecule has 9 heteroatoms. The Kier molecular flexibility index (Phi) is 5.73. The van der Waals surface area contributed by atoms with Crippen LogP contribution in [0, 0.1) is 0 Å². The van der Waals surface area contributed by atoms with Gasteiger partial charge in [0.1, 0.15) is 0 Å². The van der Waals surface area contributed by atoms with Crippen molar-refractivity contribution in [2.24, 2.45) is 0 Å². The average Bonchev–Trinajstić information content (AvgIpc) is 2.99. The fourth-order valence-corrected chi connectivity index (χ4v) is 6.98. The number of sulfone groups is 2. The molecular weight excluding hydrogens is 340 g/mol. The minimum atomic E-state index is -3.04. The molecule has 2 atom stereocenters.